The Hall–Kier alpha value is -1.39. The summed E-state index contributed by atoms with van der Waals surface area (Å²) in [4.78, 5) is 8.44. The minimum Gasteiger partial charge on any atom is -0.389 e. The molecule has 16 heavy (non-hydrogen) atoms. The van der Waals surface area contributed by atoms with Gasteiger partial charge in [-0.1, -0.05) is 17.8 Å². The average molecular weight is 232 g/mol. The molecule has 0 amide bonds. The zero-order valence-corrected chi connectivity index (χ0v) is 9.69. The van der Waals surface area contributed by atoms with Crippen molar-refractivity contribution in [1.29, 1.82) is 0 Å². The van der Waals surface area contributed by atoms with E-state index in [1.54, 1.807) is 19.3 Å². The highest BCUT2D eigenvalue weighted by atomic mass is 32.2. The molecular formula is C12H12N2OS. The van der Waals surface area contributed by atoms with E-state index in [2.05, 4.69) is 9.97 Å². The molecule has 0 aliphatic rings. The second kappa shape index (κ2) is 5.09. The van der Waals surface area contributed by atoms with Crippen molar-refractivity contribution in [2.24, 2.45) is 0 Å². The molecule has 0 aromatic carbocycles. The van der Waals surface area contributed by atoms with Gasteiger partial charge in [0.2, 0.25) is 0 Å². The quantitative estimate of drug-likeness (QED) is 0.883. The first-order valence-electron chi connectivity index (χ1n) is 4.98. The molecule has 0 fully saturated rings. The first kappa shape index (κ1) is 11.1. The van der Waals surface area contributed by atoms with E-state index in [1.807, 2.05) is 30.3 Å². The highest BCUT2D eigenvalue weighted by Crippen LogP contribution is 2.25. The van der Waals surface area contributed by atoms with Gasteiger partial charge in [0.25, 0.3) is 0 Å². The number of hydrogen-bond acceptors (Lipinski definition) is 4. The molecule has 2 aromatic heterocycles. The first-order chi connectivity index (χ1) is 7.75. The zero-order chi connectivity index (χ0) is 11.4. The molecular weight excluding hydrogens is 220 g/mol. The summed E-state index contributed by atoms with van der Waals surface area (Å²) in [6, 6.07) is 9.44. The summed E-state index contributed by atoms with van der Waals surface area (Å²) in [5.41, 5.74) is 0.869. The number of pyridine rings is 2. The van der Waals surface area contributed by atoms with E-state index < -0.39 is 6.10 Å². The molecule has 0 saturated carbocycles. The molecule has 0 radical (unpaired) electrons. The summed E-state index contributed by atoms with van der Waals surface area (Å²) in [5, 5.41) is 11.2. The van der Waals surface area contributed by atoms with Crippen LogP contribution in [0, 0.1) is 0 Å². The predicted octanol–water partition coefficient (Wildman–Crippen LogP) is 2.68. The fraction of sp³-hybridized carbons (Fsp3) is 0.167. The maximum absolute atomic E-state index is 9.46. The van der Waals surface area contributed by atoms with E-state index in [0.717, 1.165) is 15.6 Å². The van der Waals surface area contributed by atoms with Crippen molar-refractivity contribution in [3.63, 3.8) is 0 Å². The SMILES string of the molecule is C[C@H](O)c1ccnc(Sc2ccccn2)c1. The maximum Gasteiger partial charge on any atom is 0.103 e. The standard InChI is InChI=1S/C12H12N2OS/c1-9(15)10-5-7-14-12(8-10)16-11-4-2-3-6-13-11/h2-9,15H,1H3/t9-/m0/s1. The largest absolute Gasteiger partial charge is 0.389 e. The molecule has 0 saturated heterocycles. The van der Waals surface area contributed by atoms with Gasteiger partial charge in [-0.25, -0.2) is 9.97 Å². The maximum atomic E-state index is 9.46. The molecule has 0 unspecified atom stereocenters. The highest BCUT2D eigenvalue weighted by molar-refractivity contribution is 7.99. The van der Waals surface area contributed by atoms with Crippen LogP contribution >= 0.6 is 11.8 Å². The van der Waals surface area contributed by atoms with Gasteiger partial charge in [0, 0.05) is 12.4 Å². The molecule has 0 spiro atoms. The van der Waals surface area contributed by atoms with Crippen molar-refractivity contribution in [2.75, 3.05) is 0 Å². The van der Waals surface area contributed by atoms with Gasteiger partial charge in [-0.3, -0.25) is 0 Å². The lowest BCUT2D eigenvalue weighted by Crippen LogP contribution is -1.92. The monoisotopic (exact) mass is 232 g/mol. The molecule has 3 nitrogen and oxygen atoms in total. The van der Waals surface area contributed by atoms with Gasteiger partial charge < -0.3 is 5.11 Å². The van der Waals surface area contributed by atoms with Crippen LogP contribution in [0.25, 0.3) is 0 Å². The summed E-state index contributed by atoms with van der Waals surface area (Å²) in [6.45, 7) is 1.74. The van der Waals surface area contributed by atoms with E-state index in [-0.39, 0.29) is 0 Å². The lowest BCUT2D eigenvalue weighted by molar-refractivity contribution is 0.199. The molecule has 0 aliphatic heterocycles. The third-order valence-corrected chi connectivity index (χ3v) is 2.97. The summed E-state index contributed by atoms with van der Waals surface area (Å²) in [5.74, 6) is 0. The van der Waals surface area contributed by atoms with Crippen LogP contribution in [-0.4, -0.2) is 15.1 Å². The van der Waals surface area contributed by atoms with Gasteiger partial charge in [-0.05, 0) is 36.8 Å². The fourth-order valence-electron chi connectivity index (χ4n) is 1.26. The molecule has 2 rings (SSSR count). The van der Waals surface area contributed by atoms with Crippen LogP contribution in [-0.2, 0) is 0 Å². The lowest BCUT2D eigenvalue weighted by atomic mass is 10.2. The van der Waals surface area contributed by atoms with E-state index >= 15 is 0 Å². The zero-order valence-electron chi connectivity index (χ0n) is 8.87. The van der Waals surface area contributed by atoms with Crippen LogP contribution in [0.4, 0.5) is 0 Å². The Morgan fingerprint density at radius 2 is 1.94 bits per heavy atom. The van der Waals surface area contributed by atoms with Crippen molar-refractivity contribution >= 4 is 11.8 Å². The summed E-state index contributed by atoms with van der Waals surface area (Å²) in [6.07, 6.45) is 2.99. The lowest BCUT2D eigenvalue weighted by Gasteiger charge is -2.05. The number of nitrogens with zero attached hydrogens (tertiary/aromatic N) is 2. The number of aromatic nitrogens is 2. The van der Waals surface area contributed by atoms with Crippen LogP contribution in [0.1, 0.15) is 18.6 Å². The van der Waals surface area contributed by atoms with Gasteiger partial charge in [0.05, 0.1) is 6.10 Å². The summed E-state index contributed by atoms with van der Waals surface area (Å²) >= 11 is 1.49. The van der Waals surface area contributed by atoms with Crippen LogP contribution in [0.3, 0.4) is 0 Å². The van der Waals surface area contributed by atoms with Crippen LogP contribution in [0.15, 0.2) is 52.8 Å². The third kappa shape index (κ3) is 2.81. The number of aliphatic hydroxyl groups excluding tert-OH is 1. The molecule has 2 heterocycles. The van der Waals surface area contributed by atoms with Gasteiger partial charge in [0.15, 0.2) is 0 Å². The van der Waals surface area contributed by atoms with Crippen molar-refractivity contribution in [1.82, 2.24) is 9.97 Å². The predicted molar refractivity (Wildman–Crippen MR) is 63.2 cm³/mol. The Balaban J connectivity index is 2.19. The molecule has 2 aromatic rings. The number of rotatable bonds is 3. The van der Waals surface area contributed by atoms with Gasteiger partial charge in [0.1, 0.15) is 10.1 Å². The van der Waals surface area contributed by atoms with E-state index in [1.165, 1.54) is 11.8 Å². The summed E-state index contributed by atoms with van der Waals surface area (Å²) in [7, 11) is 0. The van der Waals surface area contributed by atoms with Gasteiger partial charge >= 0.3 is 0 Å². The second-order valence-corrected chi connectivity index (χ2v) is 4.41. The summed E-state index contributed by atoms with van der Waals surface area (Å²) < 4.78 is 0. The minimum atomic E-state index is -0.467. The van der Waals surface area contributed by atoms with Crippen molar-refractivity contribution < 1.29 is 5.11 Å². The average Bonchev–Trinajstić information content (AvgIpc) is 2.30. The van der Waals surface area contributed by atoms with Gasteiger partial charge in [-0.2, -0.15) is 0 Å². The van der Waals surface area contributed by atoms with E-state index in [4.69, 9.17) is 0 Å². The van der Waals surface area contributed by atoms with Crippen LogP contribution in [0.2, 0.25) is 0 Å². The molecule has 0 aliphatic carbocycles. The third-order valence-electron chi connectivity index (χ3n) is 2.09. The number of aliphatic hydroxyl groups is 1. The Labute approximate surface area is 98.6 Å². The molecule has 1 N–H and O–H groups in total. The topological polar surface area (TPSA) is 46.0 Å². The fourth-order valence-corrected chi connectivity index (χ4v) is 2.04. The van der Waals surface area contributed by atoms with Crippen molar-refractivity contribution in [2.45, 2.75) is 23.1 Å². The Morgan fingerprint density at radius 3 is 2.62 bits per heavy atom. The smallest absolute Gasteiger partial charge is 0.103 e. The molecule has 4 heteroatoms. The van der Waals surface area contributed by atoms with Crippen LogP contribution in [0.5, 0.6) is 0 Å². The molecule has 1 atom stereocenters. The van der Waals surface area contributed by atoms with Crippen molar-refractivity contribution in [3.05, 3.63) is 48.3 Å². The highest BCUT2D eigenvalue weighted by Gasteiger charge is 2.04. The Bertz CT molecular complexity index is 460. The first-order valence-corrected chi connectivity index (χ1v) is 5.80. The van der Waals surface area contributed by atoms with Gasteiger partial charge in [-0.15, -0.1) is 0 Å². The van der Waals surface area contributed by atoms with Crippen molar-refractivity contribution in [3.8, 4) is 0 Å². The Morgan fingerprint density at radius 1 is 1.12 bits per heavy atom. The second-order valence-electron chi connectivity index (χ2n) is 3.37. The van der Waals surface area contributed by atoms with E-state index in [9.17, 15) is 5.11 Å². The minimum absolute atomic E-state index is 0.467. The number of hydrogen-bond donors (Lipinski definition) is 1. The molecule has 82 valence electrons. The normalized spacial score (nSPS) is 12.4. The van der Waals surface area contributed by atoms with Crippen LogP contribution < -0.4 is 0 Å². The van der Waals surface area contributed by atoms with E-state index in [0.29, 0.717) is 0 Å². The Kier molecular flexibility index (Phi) is 3.54. The molecule has 0 bridgehead atoms.